The maximum atomic E-state index is 11.2. The minimum Gasteiger partial charge on any atom is -0.423 e. The van der Waals surface area contributed by atoms with Crippen LogP contribution >= 0.6 is 0 Å². The van der Waals surface area contributed by atoms with E-state index in [1.165, 1.54) is 6.26 Å². The van der Waals surface area contributed by atoms with Gasteiger partial charge in [-0.3, -0.25) is 0 Å². The Labute approximate surface area is 117 Å². The van der Waals surface area contributed by atoms with Crippen molar-refractivity contribution in [3.8, 4) is 0 Å². The fourth-order valence-electron chi connectivity index (χ4n) is 2.53. The number of rotatable bonds is 4. The molecule has 7 heteroatoms. The van der Waals surface area contributed by atoms with E-state index in [2.05, 4.69) is 9.71 Å². The van der Waals surface area contributed by atoms with Gasteiger partial charge in [-0.1, -0.05) is 12.1 Å². The van der Waals surface area contributed by atoms with Gasteiger partial charge in [0.05, 0.1) is 6.26 Å². The second-order valence-electron chi connectivity index (χ2n) is 5.07. The molecule has 1 fully saturated rings. The first-order valence-electron chi connectivity index (χ1n) is 6.60. The molecule has 1 aliphatic rings. The van der Waals surface area contributed by atoms with Crippen LogP contribution in [0.4, 0.5) is 6.01 Å². The lowest BCUT2D eigenvalue weighted by atomic mass is 10.2. The molecule has 20 heavy (non-hydrogen) atoms. The average molecular weight is 295 g/mol. The number of anilines is 1. The van der Waals surface area contributed by atoms with E-state index in [0.717, 1.165) is 30.5 Å². The summed E-state index contributed by atoms with van der Waals surface area (Å²) in [4.78, 5) is 6.51. The quantitative estimate of drug-likeness (QED) is 0.921. The standard InChI is InChI=1S/C13H17N3O3S/c1-20(17,18)14-9-10-5-4-8-16(10)13-15-11-6-2-3-7-12(11)19-13/h2-3,6-7,10,14H,4-5,8-9H2,1H3. The van der Waals surface area contributed by atoms with Crippen molar-refractivity contribution in [2.45, 2.75) is 18.9 Å². The molecule has 1 atom stereocenters. The van der Waals surface area contributed by atoms with Crippen LogP contribution < -0.4 is 9.62 Å². The lowest BCUT2D eigenvalue weighted by Gasteiger charge is -2.22. The first kappa shape index (κ1) is 13.4. The summed E-state index contributed by atoms with van der Waals surface area (Å²) in [5.74, 6) is 0. The molecule has 1 aromatic heterocycles. The van der Waals surface area contributed by atoms with Crippen molar-refractivity contribution in [3.63, 3.8) is 0 Å². The normalized spacial score (nSPS) is 19.9. The minimum absolute atomic E-state index is 0.0952. The number of nitrogens with one attached hydrogen (secondary N) is 1. The summed E-state index contributed by atoms with van der Waals surface area (Å²) < 4.78 is 30.7. The van der Waals surface area contributed by atoms with Gasteiger partial charge in [-0.2, -0.15) is 4.98 Å². The Morgan fingerprint density at radius 3 is 3.00 bits per heavy atom. The van der Waals surface area contributed by atoms with E-state index in [1.807, 2.05) is 29.2 Å². The van der Waals surface area contributed by atoms with E-state index in [-0.39, 0.29) is 6.04 Å². The van der Waals surface area contributed by atoms with E-state index in [1.54, 1.807) is 0 Å². The number of hydrogen-bond donors (Lipinski definition) is 1. The molecule has 3 rings (SSSR count). The highest BCUT2D eigenvalue weighted by Crippen LogP contribution is 2.27. The highest BCUT2D eigenvalue weighted by Gasteiger charge is 2.28. The number of oxazole rings is 1. The molecule has 0 aliphatic carbocycles. The predicted octanol–water partition coefficient (Wildman–Crippen LogP) is 1.35. The molecule has 1 saturated heterocycles. The average Bonchev–Trinajstić information content (AvgIpc) is 3.01. The molecular formula is C13H17N3O3S. The molecular weight excluding hydrogens is 278 g/mol. The second kappa shape index (κ2) is 5.06. The van der Waals surface area contributed by atoms with E-state index in [4.69, 9.17) is 4.42 Å². The Morgan fingerprint density at radius 1 is 1.45 bits per heavy atom. The topological polar surface area (TPSA) is 75.4 Å². The van der Waals surface area contributed by atoms with Gasteiger partial charge >= 0.3 is 0 Å². The van der Waals surface area contributed by atoms with Crippen LogP contribution in [0, 0.1) is 0 Å². The molecule has 1 aliphatic heterocycles. The summed E-state index contributed by atoms with van der Waals surface area (Å²) >= 11 is 0. The van der Waals surface area contributed by atoms with Gasteiger partial charge in [-0.25, -0.2) is 13.1 Å². The van der Waals surface area contributed by atoms with Crippen molar-refractivity contribution in [2.75, 3.05) is 24.2 Å². The van der Waals surface area contributed by atoms with E-state index in [9.17, 15) is 8.42 Å². The van der Waals surface area contributed by atoms with Crippen LogP contribution in [0.5, 0.6) is 0 Å². The van der Waals surface area contributed by atoms with Crippen molar-refractivity contribution in [2.24, 2.45) is 0 Å². The minimum atomic E-state index is -3.17. The Balaban J connectivity index is 1.81. The van der Waals surface area contributed by atoms with Crippen molar-refractivity contribution >= 4 is 27.1 Å². The zero-order valence-corrected chi connectivity index (χ0v) is 12.1. The van der Waals surface area contributed by atoms with Gasteiger partial charge in [-0.15, -0.1) is 0 Å². The SMILES string of the molecule is CS(=O)(=O)NCC1CCCN1c1nc2ccccc2o1. The Hall–Kier alpha value is -1.60. The molecule has 0 spiro atoms. The van der Waals surface area contributed by atoms with Crippen molar-refractivity contribution < 1.29 is 12.8 Å². The van der Waals surface area contributed by atoms with Gasteiger partial charge in [0.2, 0.25) is 10.0 Å². The van der Waals surface area contributed by atoms with Crippen molar-refractivity contribution in [1.82, 2.24) is 9.71 Å². The smallest absolute Gasteiger partial charge is 0.298 e. The Kier molecular flexibility index (Phi) is 3.39. The summed E-state index contributed by atoms with van der Waals surface area (Å²) in [6.07, 6.45) is 3.11. The number of benzene rings is 1. The van der Waals surface area contributed by atoms with Gasteiger partial charge < -0.3 is 9.32 Å². The van der Waals surface area contributed by atoms with Crippen LogP contribution in [0.25, 0.3) is 11.1 Å². The molecule has 1 aromatic carbocycles. The van der Waals surface area contributed by atoms with Gasteiger partial charge in [0.15, 0.2) is 5.58 Å². The van der Waals surface area contributed by atoms with Crippen molar-refractivity contribution in [3.05, 3.63) is 24.3 Å². The summed E-state index contributed by atoms with van der Waals surface area (Å²) in [6.45, 7) is 1.22. The second-order valence-corrected chi connectivity index (χ2v) is 6.91. The van der Waals surface area contributed by atoms with Gasteiger partial charge in [0.25, 0.3) is 6.01 Å². The zero-order chi connectivity index (χ0) is 14.2. The zero-order valence-electron chi connectivity index (χ0n) is 11.2. The van der Waals surface area contributed by atoms with Crippen LogP contribution in [0.1, 0.15) is 12.8 Å². The maximum absolute atomic E-state index is 11.2. The number of sulfonamides is 1. The maximum Gasteiger partial charge on any atom is 0.298 e. The summed E-state index contributed by atoms with van der Waals surface area (Å²) in [7, 11) is -3.17. The van der Waals surface area contributed by atoms with E-state index >= 15 is 0 Å². The summed E-state index contributed by atoms with van der Waals surface area (Å²) in [5.41, 5.74) is 1.58. The molecule has 0 bridgehead atoms. The lowest BCUT2D eigenvalue weighted by Crippen LogP contribution is -2.40. The number of aromatic nitrogens is 1. The highest BCUT2D eigenvalue weighted by molar-refractivity contribution is 7.88. The molecule has 0 saturated carbocycles. The molecule has 1 N–H and O–H groups in total. The fourth-order valence-corrected chi connectivity index (χ4v) is 3.03. The van der Waals surface area contributed by atoms with Gasteiger partial charge in [0.1, 0.15) is 5.52 Å². The Morgan fingerprint density at radius 2 is 2.25 bits per heavy atom. The molecule has 2 heterocycles. The molecule has 0 amide bonds. The highest BCUT2D eigenvalue weighted by atomic mass is 32.2. The molecule has 6 nitrogen and oxygen atoms in total. The third kappa shape index (κ3) is 2.78. The molecule has 2 aromatic rings. The fraction of sp³-hybridized carbons (Fsp3) is 0.462. The third-order valence-electron chi connectivity index (χ3n) is 3.49. The van der Waals surface area contributed by atoms with Crippen LogP contribution in [0.2, 0.25) is 0 Å². The van der Waals surface area contributed by atoms with E-state index in [0.29, 0.717) is 12.6 Å². The number of nitrogens with zero attached hydrogens (tertiary/aromatic N) is 2. The predicted molar refractivity (Wildman–Crippen MR) is 77.2 cm³/mol. The Bertz CT molecular complexity index is 677. The summed E-state index contributed by atoms with van der Waals surface area (Å²) in [5, 5.41) is 0. The molecule has 1 unspecified atom stereocenters. The number of para-hydroxylation sites is 2. The van der Waals surface area contributed by atoms with Crippen LogP contribution in [0.3, 0.4) is 0 Å². The van der Waals surface area contributed by atoms with Crippen LogP contribution in [-0.4, -0.2) is 38.8 Å². The monoisotopic (exact) mass is 295 g/mol. The van der Waals surface area contributed by atoms with Gasteiger partial charge in [0, 0.05) is 19.1 Å². The van der Waals surface area contributed by atoms with Crippen LogP contribution in [-0.2, 0) is 10.0 Å². The number of fused-ring (bicyclic) bond motifs is 1. The molecule has 108 valence electrons. The van der Waals surface area contributed by atoms with Crippen LogP contribution in [0.15, 0.2) is 28.7 Å². The summed E-state index contributed by atoms with van der Waals surface area (Å²) in [6, 6.07) is 8.28. The lowest BCUT2D eigenvalue weighted by molar-refractivity contribution is 0.535. The van der Waals surface area contributed by atoms with E-state index < -0.39 is 10.0 Å². The van der Waals surface area contributed by atoms with Gasteiger partial charge in [-0.05, 0) is 25.0 Å². The third-order valence-corrected chi connectivity index (χ3v) is 4.18. The first-order valence-corrected chi connectivity index (χ1v) is 8.49. The molecule has 0 radical (unpaired) electrons. The first-order chi connectivity index (χ1) is 9.53. The van der Waals surface area contributed by atoms with Crippen molar-refractivity contribution in [1.29, 1.82) is 0 Å². The largest absolute Gasteiger partial charge is 0.423 e. The number of hydrogen-bond acceptors (Lipinski definition) is 5.